The number of hydrogen-bond donors (Lipinski definition) is 1. The molecule has 0 aliphatic rings. The Bertz CT molecular complexity index is 888. The molecule has 1 aromatic carbocycles. The summed E-state index contributed by atoms with van der Waals surface area (Å²) in [6, 6.07) is 6.99. The van der Waals surface area contributed by atoms with E-state index >= 15 is 0 Å². The van der Waals surface area contributed by atoms with Gasteiger partial charge in [0.1, 0.15) is 9.88 Å². The highest BCUT2D eigenvalue weighted by atomic mass is 35.5. The molecule has 26 heavy (non-hydrogen) atoms. The Labute approximate surface area is 159 Å². The van der Waals surface area contributed by atoms with Crippen molar-refractivity contribution in [1.29, 1.82) is 0 Å². The summed E-state index contributed by atoms with van der Waals surface area (Å²) < 4.78 is 9.44. The highest BCUT2D eigenvalue weighted by Crippen LogP contribution is 2.34. The zero-order valence-electron chi connectivity index (χ0n) is 14.3. The van der Waals surface area contributed by atoms with E-state index in [2.05, 4.69) is 5.32 Å². The summed E-state index contributed by atoms with van der Waals surface area (Å²) in [5.41, 5.74) is 1.27. The van der Waals surface area contributed by atoms with Gasteiger partial charge in [-0.3, -0.25) is 4.79 Å². The van der Waals surface area contributed by atoms with Crippen molar-refractivity contribution in [2.75, 3.05) is 19.5 Å². The van der Waals surface area contributed by atoms with Crippen LogP contribution in [0, 0.1) is 6.92 Å². The fraction of sp³-hybridized carbons (Fsp3) is 0.167. The van der Waals surface area contributed by atoms with Crippen LogP contribution in [0.25, 0.3) is 6.08 Å². The van der Waals surface area contributed by atoms with Crippen molar-refractivity contribution in [2.24, 2.45) is 0 Å². The maximum absolute atomic E-state index is 12.2. The average molecular weight is 394 g/mol. The summed E-state index contributed by atoms with van der Waals surface area (Å²) in [6.07, 6.45) is 2.89. The Balaban J connectivity index is 2.28. The molecule has 2 aromatic rings. The second-order valence-corrected chi connectivity index (χ2v) is 6.58. The van der Waals surface area contributed by atoms with Gasteiger partial charge in [-0.15, -0.1) is 11.3 Å². The Morgan fingerprint density at radius 3 is 2.46 bits per heavy atom. The zero-order chi connectivity index (χ0) is 19.3. The summed E-state index contributed by atoms with van der Waals surface area (Å²) in [5, 5.41) is 3.37. The largest absolute Gasteiger partial charge is 0.465 e. The third-order valence-corrected chi connectivity index (χ3v) is 4.84. The zero-order valence-corrected chi connectivity index (χ0v) is 15.9. The van der Waals surface area contributed by atoms with Gasteiger partial charge in [0.05, 0.1) is 19.8 Å². The fourth-order valence-corrected chi connectivity index (χ4v) is 3.49. The van der Waals surface area contributed by atoms with E-state index in [4.69, 9.17) is 21.1 Å². The molecule has 0 saturated heterocycles. The van der Waals surface area contributed by atoms with Gasteiger partial charge < -0.3 is 14.8 Å². The first-order valence-electron chi connectivity index (χ1n) is 7.42. The van der Waals surface area contributed by atoms with Crippen molar-refractivity contribution in [1.82, 2.24) is 0 Å². The number of carbonyl (C=O) groups excluding carboxylic acids is 3. The number of nitrogens with one attached hydrogen (secondary N) is 1. The monoisotopic (exact) mass is 393 g/mol. The SMILES string of the molecule is COC(=O)c1sc(NC(=O)C=Cc2cccc(Cl)c2)c(C(=O)OC)c1C. The fourth-order valence-electron chi connectivity index (χ4n) is 2.17. The number of rotatable bonds is 5. The normalized spacial score (nSPS) is 10.6. The summed E-state index contributed by atoms with van der Waals surface area (Å²) in [7, 11) is 2.47. The minimum atomic E-state index is -0.650. The van der Waals surface area contributed by atoms with Crippen molar-refractivity contribution < 1.29 is 23.9 Å². The van der Waals surface area contributed by atoms with E-state index in [1.165, 1.54) is 20.3 Å². The number of hydrogen-bond acceptors (Lipinski definition) is 6. The first kappa shape index (κ1) is 19.7. The van der Waals surface area contributed by atoms with E-state index in [1.54, 1.807) is 37.3 Å². The molecule has 0 aliphatic heterocycles. The molecule has 1 aromatic heterocycles. The second-order valence-electron chi connectivity index (χ2n) is 5.12. The lowest BCUT2D eigenvalue weighted by Crippen LogP contribution is -2.11. The number of halogens is 1. The van der Waals surface area contributed by atoms with Crippen LogP contribution < -0.4 is 5.32 Å². The average Bonchev–Trinajstić information content (AvgIpc) is 2.94. The molecule has 0 spiro atoms. The highest BCUT2D eigenvalue weighted by Gasteiger charge is 2.26. The van der Waals surface area contributed by atoms with Gasteiger partial charge in [-0.1, -0.05) is 23.7 Å². The van der Waals surface area contributed by atoms with E-state index in [0.717, 1.165) is 16.9 Å². The van der Waals surface area contributed by atoms with E-state index in [9.17, 15) is 14.4 Å². The minimum Gasteiger partial charge on any atom is -0.465 e. The van der Waals surface area contributed by atoms with Crippen molar-refractivity contribution in [2.45, 2.75) is 6.92 Å². The predicted octanol–water partition coefficient (Wildman–Crippen LogP) is 3.94. The summed E-state index contributed by atoms with van der Waals surface area (Å²) >= 11 is 6.85. The van der Waals surface area contributed by atoms with Crippen molar-refractivity contribution in [3.8, 4) is 0 Å². The quantitative estimate of drug-likeness (QED) is 0.614. The van der Waals surface area contributed by atoms with Crippen molar-refractivity contribution in [3.05, 3.63) is 56.9 Å². The molecule has 8 heteroatoms. The van der Waals surface area contributed by atoms with Gasteiger partial charge in [0.2, 0.25) is 5.91 Å². The number of amides is 1. The standard InChI is InChI=1S/C18H16ClNO5S/c1-10-14(17(22)24-2)16(26-15(10)18(23)25-3)20-13(21)8-7-11-5-4-6-12(19)9-11/h4-9H,1-3H3,(H,20,21). The van der Waals surface area contributed by atoms with Crippen LogP contribution in [0.1, 0.15) is 31.2 Å². The number of anilines is 1. The number of esters is 2. The molecule has 1 N–H and O–H groups in total. The summed E-state index contributed by atoms with van der Waals surface area (Å²) in [6.45, 7) is 1.59. The van der Waals surface area contributed by atoms with Gasteiger partial charge in [0.25, 0.3) is 0 Å². The van der Waals surface area contributed by atoms with Crippen LogP contribution in [0.3, 0.4) is 0 Å². The molecule has 2 rings (SSSR count). The Morgan fingerprint density at radius 2 is 1.85 bits per heavy atom. The number of ether oxygens (including phenoxy) is 2. The minimum absolute atomic E-state index is 0.127. The first-order valence-corrected chi connectivity index (χ1v) is 8.61. The first-order chi connectivity index (χ1) is 12.4. The molecule has 0 fully saturated rings. The maximum Gasteiger partial charge on any atom is 0.348 e. The molecule has 1 amide bonds. The number of thiophene rings is 1. The van der Waals surface area contributed by atoms with E-state index in [0.29, 0.717) is 10.6 Å². The lowest BCUT2D eigenvalue weighted by molar-refractivity contribution is -0.111. The Hall–Kier alpha value is -2.64. The van der Waals surface area contributed by atoms with Crippen molar-refractivity contribution >= 4 is 51.9 Å². The molecule has 0 atom stereocenters. The topological polar surface area (TPSA) is 81.7 Å². The number of methoxy groups -OCH3 is 2. The Morgan fingerprint density at radius 1 is 1.15 bits per heavy atom. The third-order valence-electron chi connectivity index (χ3n) is 3.42. The molecule has 6 nitrogen and oxygen atoms in total. The van der Waals surface area contributed by atoms with Crippen LogP contribution in [0.5, 0.6) is 0 Å². The molecule has 0 saturated carbocycles. The van der Waals surface area contributed by atoms with Gasteiger partial charge in [-0.05, 0) is 36.3 Å². The van der Waals surface area contributed by atoms with E-state index in [-0.39, 0.29) is 15.4 Å². The Kier molecular flexibility index (Phi) is 6.54. The lowest BCUT2D eigenvalue weighted by Gasteiger charge is -2.04. The van der Waals surface area contributed by atoms with Gasteiger partial charge in [-0.2, -0.15) is 0 Å². The highest BCUT2D eigenvalue weighted by molar-refractivity contribution is 7.18. The van der Waals surface area contributed by atoms with Crippen LogP contribution in [-0.2, 0) is 14.3 Å². The van der Waals surface area contributed by atoms with Crippen LogP contribution in [0.15, 0.2) is 30.3 Å². The molecular weight excluding hydrogens is 378 g/mol. The van der Waals surface area contributed by atoms with Gasteiger partial charge in [0, 0.05) is 11.1 Å². The summed E-state index contributed by atoms with van der Waals surface area (Å²) in [5.74, 6) is -1.71. The van der Waals surface area contributed by atoms with E-state index < -0.39 is 17.8 Å². The summed E-state index contributed by atoms with van der Waals surface area (Å²) in [4.78, 5) is 36.3. The van der Waals surface area contributed by atoms with Crippen molar-refractivity contribution in [3.63, 3.8) is 0 Å². The number of carbonyl (C=O) groups is 3. The molecule has 0 radical (unpaired) electrons. The molecule has 1 heterocycles. The van der Waals surface area contributed by atoms with Gasteiger partial charge in [0.15, 0.2) is 0 Å². The molecule has 0 bridgehead atoms. The molecular formula is C18H16ClNO5S. The van der Waals surface area contributed by atoms with Gasteiger partial charge in [-0.25, -0.2) is 9.59 Å². The smallest absolute Gasteiger partial charge is 0.348 e. The lowest BCUT2D eigenvalue weighted by atomic mass is 10.1. The second kappa shape index (κ2) is 8.64. The third kappa shape index (κ3) is 4.50. The molecule has 0 aliphatic carbocycles. The van der Waals surface area contributed by atoms with Crippen LogP contribution in [0.4, 0.5) is 5.00 Å². The van der Waals surface area contributed by atoms with Gasteiger partial charge >= 0.3 is 11.9 Å². The predicted molar refractivity (Wildman–Crippen MR) is 101 cm³/mol. The molecule has 0 unspecified atom stereocenters. The van der Waals surface area contributed by atoms with Crippen LogP contribution in [-0.4, -0.2) is 32.1 Å². The molecule has 136 valence electrons. The van der Waals surface area contributed by atoms with Crippen LogP contribution in [0.2, 0.25) is 5.02 Å². The number of benzene rings is 1. The van der Waals surface area contributed by atoms with Crippen LogP contribution >= 0.6 is 22.9 Å². The maximum atomic E-state index is 12.2. The van der Waals surface area contributed by atoms with E-state index in [1.807, 2.05) is 0 Å².